The number of nitrogens with zero attached hydrogens (tertiary/aromatic N) is 3. The summed E-state index contributed by atoms with van der Waals surface area (Å²) >= 11 is 0. The molecule has 1 unspecified atom stereocenters. The van der Waals surface area contributed by atoms with E-state index in [0.29, 0.717) is 11.6 Å². The number of likely N-dealkylation sites (tertiary alicyclic amines) is 1. The lowest BCUT2D eigenvalue weighted by molar-refractivity contribution is -0.130. The maximum Gasteiger partial charge on any atom is 0.244 e. The van der Waals surface area contributed by atoms with Gasteiger partial charge >= 0.3 is 0 Å². The number of hydrazine groups is 1. The third kappa shape index (κ3) is 3.41. The zero-order chi connectivity index (χ0) is 15.4. The summed E-state index contributed by atoms with van der Waals surface area (Å²) in [6.45, 7) is 7.64. The van der Waals surface area contributed by atoms with Crippen LogP contribution in [0.1, 0.15) is 45.1 Å². The van der Waals surface area contributed by atoms with Crippen LogP contribution in [0, 0.1) is 0 Å². The maximum atomic E-state index is 12.4. The summed E-state index contributed by atoms with van der Waals surface area (Å²) in [7, 11) is 0. The fraction of sp³-hybridized carbons (Fsp3) is 0.643. The number of nitrogen functional groups attached to an aromatic ring is 1. The second-order valence-corrected chi connectivity index (χ2v) is 5.68. The van der Waals surface area contributed by atoms with Crippen LogP contribution in [0.2, 0.25) is 0 Å². The smallest absolute Gasteiger partial charge is 0.244 e. The lowest BCUT2D eigenvalue weighted by Crippen LogP contribution is -2.40. The number of nitrogens with one attached hydrogen (secondary N) is 2. The summed E-state index contributed by atoms with van der Waals surface area (Å²) in [5.74, 6) is 7.05. The fourth-order valence-electron chi connectivity index (χ4n) is 2.65. The van der Waals surface area contributed by atoms with Crippen molar-refractivity contribution in [3.05, 3.63) is 11.9 Å². The molecule has 4 N–H and O–H groups in total. The summed E-state index contributed by atoms with van der Waals surface area (Å²) in [6, 6.07) is -0.318. The van der Waals surface area contributed by atoms with Gasteiger partial charge in [-0.05, 0) is 25.7 Å². The molecule has 1 aliphatic rings. The van der Waals surface area contributed by atoms with E-state index < -0.39 is 0 Å². The Labute approximate surface area is 125 Å². The molecule has 0 aromatic carbocycles. The Kier molecular flexibility index (Phi) is 4.95. The molecular formula is C14H24N6O. The van der Waals surface area contributed by atoms with Crippen molar-refractivity contribution in [2.75, 3.05) is 23.8 Å². The molecule has 116 valence electrons. The largest absolute Gasteiger partial charge is 0.358 e. The number of anilines is 2. The molecule has 1 fully saturated rings. The first kappa shape index (κ1) is 15.5. The molecule has 1 saturated heterocycles. The van der Waals surface area contributed by atoms with E-state index in [4.69, 9.17) is 5.84 Å². The maximum absolute atomic E-state index is 12.4. The van der Waals surface area contributed by atoms with Crippen LogP contribution in [-0.2, 0) is 4.79 Å². The van der Waals surface area contributed by atoms with Crippen LogP contribution >= 0.6 is 0 Å². The van der Waals surface area contributed by atoms with E-state index in [1.165, 1.54) is 6.33 Å². The Morgan fingerprint density at radius 1 is 1.24 bits per heavy atom. The van der Waals surface area contributed by atoms with E-state index >= 15 is 0 Å². The highest BCUT2D eigenvalue weighted by Crippen LogP contribution is 2.28. The third-order valence-electron chi connectivity index (χ3n) is 3.74. The van der Waals surface area contributed by atoms with Gasteiger partial charge < -0.3 is 15.6 Å². The summed E-state index contributed by atoms with van der Waals surface area (Å²) in [5, 5.41) is 3.21. The van der Waals surface area contributed by atoms with E-state index in [-0.39, 0.29) is 17.9 Å². The number of nitrogens with two attached hydrogens (primary N) is 1. The van der Waals surface area contributed by atoms with Crippen molar-refractivity contribution in [1.82, 2.24) is 14.9 Å². The van der Waals surface area contributed by atoms with E-state index in [0.717, 1.165) is 31.5 Å². The first-order valence-corrected chi connectivity index (χ1v) is 7.41. The van der Waals surface area contributed by atoms with Crippen LogP contribution in [0.15, 0.2) is 6.33 Å². The van der Waals surface area contributed by atoms with Crippen LogP contribution in [-0.4, -0.2) is 39.9 Å². The highest BCUT2D eigenvalue weighted by Gasteiger charge is 2.25. The summed E-state index contributed by atoms with van der Waals surface area (Å²) in [4.78, 5) is 22.7. The van der Waals surface area contributed by atoms with Gasteiger partial charge in [0.2, 0.25) is 5.91 Å². The number of hydrogen-bond acceptors (Lipinski definition) is 6. The molecule has 7 heteroatoms. The van der Waals surface area contributed by atoms with Gasteiger partial charge in [-0.3, -0.25) is 4.79 Å². The zero-order valence-corrected chi connectivity index (χ0v) is 12.9. The van der Waals surface area contributed by atoms with Crippen molar-refractivity contribution in [3.63, 3.8) is 0 Å². The van der Waals surface area contributed by atoms with E-state index in [9.17, 15) is 4.79 Å². The summed E-state index contributed by atoms with van der Waals surface area (Å²) in [5.41, 5.74) is 3.48. The van der Waals surface area contributed by atoms with Gasteiger partial charge in [0, 0.05) is 18.7 Å². The van der Waals surface area contributed by atoms with Gasteiger partial charge in [0.1, 0.15) is 24.0 Å². The van der Waals surface area contributed by atoms with Crippen LogP contribution < -0.4 is 16.6 Å². The second kappa shape index (κ2) is 6.71. The highest BCUT2D eigenvalue weighted by atomic mass is 16.2. The monoisotopic (exact) mass is 292 g/mol. The van der Waals surface area contributed by atoms with Crippen molar-refractivity contribution < 1.29 is 4.79 Å². The average molecular weight is 292 g/mol. The number of aromatic nitrogens is 2. The van der Waals surface area contributed by atoms with E-state index in [1.54, 1.807) is 0 Å². The molecule has 0 radical (unpaired) electrons. The van der Waals surface area contributed by atoms with Gasteiger partial charge in [0.05, 0.1) is 0 Å². The van der Waals surface area contributed by atoms with Crippen LogP contribution in [0.4, 0.5) is 11.6 Å². The van der Waals surface area contributed by atoms with Crippen molar-refractivity contribution in [2.45, 2.75) is 45.6 Å². The average Bonchev–Trinajstić information content (AvgIpc) is 2.99. The molecule has 2 heterocycles. The van der Waals surface area contributed by atoms with Crippen molar-refractivity contribution in [1.29, 1.82) is 0 Å². The first-order chi connectivity index (χ1) is 10.0. The zero-order valence-electron chi connectivity index (χ0n) is 12.9. The summed E-state index contributed by atoms with van der Waals surface area (Å²) < 4.78 is 0. The quantitative estimate of drug-likeness (QED) is 0.559. The molecule has 0 saturated carbocycles. The molecule has 0 aliphatic carbocycles. The molecule has 1 aliphatic heterocycles. The minimum absolute atomic E-state index is 0.114. The summed E-state index contributed by atoms with van der Waals surface area (Å²) in [6.07, 6.45) is 3.62. The van der Waals surface area contributed by atoms with Gasteiger partial charge in [-0.15, -0.1) is 0 Å². The first-order valence-electron chi connectivity index (χ1n) is 7.41. The SMILES string of the molecule is CC(Nc1ncnc(NN)c1C(C)C)C(=O)N1CCCC1. The molecule has 2 rings (SSSR count). The third-order valence-corrected chi connectivity index (χ3v) is 3.74. The van der Waals surface area contributed by atoms with Crippen molar-refractivity contribution in [3.8, 4) is 0 Å². The lowest BCUT2D eigenvalue weighted by atomic mass is 10.0. The van der Waals surface area contributed by atoms with E-state index in [2.05, 4.69) is 20.7 Å². The number of rotatable bonds is 5. The lowest BCUT2D eigenvalue weighted by Gasteiger charge is -2.23. The Morgan fingerprint density at radius 3 is 2.43 bits per heavy atom. The highest BCUT2D eigenvalue weighted by molar-refractivity contribution is 5.84. The minimum atomic E-state index is -0.318. The number of carbonyl (C=O) groups excluding carboxylic acids is 1. The molecule has 1 atom stereocenters. The van der Waals surface area contributed by atoms with Crippen molar-refractivity contribution in [2.24, 2.45) is 5.84 Å². The molecule has 1 aromatic rings. The number of carbonyl (C=O) groups is 1. The number of hydrogen-bond donors (Lipinski definition) is 3. The van der Waals surface area contributed by atoms with Crippen LogP contribution in [0.3, 0.4) is 0 Å². The van der Waals surface area contributed by atoms with Gasteiger partial charge in [-0.25, -0.2) is 15.8 Å². The molecule has 21 heavy (non-hydrogen) atoms. The Bertz CT molecular complexity index is 498. The van der Waals surface area contributed by atoms with Crippen molar-refractivity contribution >= 4 is 17.5 Å². The molecular weight excluding hydrogens is 268 g/mol. The fourth-order valence-corrected chi connectivity index (χ4v) is 2.65. The predicted octanol–water partition coefficient (Wildman–Crippen LogP) is 1.31. The standard InChI is InChI=1S/C14H24N6O/c1-9(2)11-12(16-8-17-13(11)19-15)18-10(3)14(21)20-6-4-5-7-20/h8-10H,4-7,15H2,1-3H3,(H2,16,17,18,19). The van der Waals surface area contributed by atoms with E-state index in [1.807, 2.05) is 25.7 Å². The molecule has 0 bridgehead atoms. The Morgan fingerprint density at radius 2 is 1.86 bits per heavy atom. The normalized spacial score (nSPS) is 16.1. The van der Waals surface area contributed by atoms with Gasteiger partial charge in [-0.2, -0.15) is 0 Å². The Balaban J connectivity index is 2.16. The van der Waals surface area contributed by atoms with Crippen LogP contribution in [0.5, 0.6) is 0 Å². The number of amides is 1. The predicted molar refractivity (Wildman–Crippen MR) is 82.8 cm³/mol. The topological polar surface area (TPSA) is 96.2 Å². The second-order valence-electron chi connectivity index (χ2n) is 5.68. The molecule has 7 nitrogen and oxygen atoms in total. The van der Waals surface area contributed by atoms with Crippen LogP contribution in [0.25, 0.3) is 0 Å². The van der Waals surface area contributed by atoms with Gasteiger partial charge in [-0.1, -0.05) is 13.8 Å². The van der Waals surface area contributed by atoms with Gasteiger partial charge in [0.25, 0.3) is 0 Å². The molecule has 1 amide bonds. The van der Waals surface area contributed by atoms with Gasteiger partial charge in [0.15, 0.2) is 0 Å². The molecule has 0 spiro atoms. The minimum Gasteiger partial charge on any atom is -0.358 e. The molecule has 1 aromatic heterocycles. The Hall–Kier alpha value is -1.89.